The number of amides is 2. The lowest BCUT2D eigenvalue weighted by atomic mass is 9.93. The van der Waals surface area contributed by atoms with Crippen LogP contribution in [0, 0.1) is 0 Å². The summed E-state index contributed by atoms with van der Waals surface area (Å²) in [6.07, 6.45) is -0.498. The molecule has 5 nitrogen and oxygen atoms in total. The molecule has 148 valence electrons. The number of hydrogen-bond acceptors (Lipinski definition) is 3. The van der Waals surface area contributed by atoms with Crippen LogP contribution in [-0.2, 0) is 15.1 Å². The Morgan fingerprint density at radius 3 is 2.15 bits per heavy atom. The number of halogens is 5. The smallest absolute Gasteiger partial charge is 0.310 e. The molecule has 0 bridgehead atoms. The molecule has 1 aromatic carbocycles. The van der Waals surface area contributed by atoms with Crippen LogP contribution in [0.2, 0.25) is 0 Å². The molecule has 2 unspecified atom stereocenters. The Bertz CT molecular complexity index is 734. The van der Waals surface area contributed by atoms with Crippen LogP contribution in [0.3, 0.4) is 0 Å². The van der Waals surface area contributed by atoms with Gasteiger partial charge in [0, 0.05) is 0 Å². The highest BCUT2D eigenvalue weighted by Gasteiger charge is 2.65. The summed E-state index contributed by atoms with van der Waals surface area (Å²) >= 11 is 0. The quantitative estimate of drug-likeness (QED) is 0.676. The van der Waals surface area contributed by atoms with Gasteiger partial charge in [-0.25, -0.2) is 0 Å². The van der Waals surface area contributed by atoms with Crippen LogP contribution < -0.4 is 16.0 Å². The maximum Gasteiger partial charge on any atom is 0.310 e. The van der Waals surface area contributed by atoms with E-state index in [1.807, 2.05) is 0 Å². The highest BCUT2D eigenvalue weighted by atomic mass is 32.5. The number of rotatable bonds is 4. The van der Waals surface area contributed by atoms with Crippen molar-refractivity contribution in [3.63, 3.8) is 0 Å². The fraction of sp³-hybridized carbons (Fsp3) is 0.467. The molecule has 1 aliphatic heterocycles. The molecule has 0 saturated carbocycles. The number of hydrogen-bond donors (Lipinski definition) is 3. The van der Waals surface area contributed by atoms with Gasteiger partial charge in [-0.15, -0.1) is 0 Å². The molecule has 1 fully saturated rings. The normalized spacial score (nSPS) is 24.2. The van der Waals surface area contributed by atoms with E-state index in [2.05, 4.69) is 16.0 Å². The van der Waals surface area contributed by atoms with E-state index >= 15 is 0 Å². The molecule has 2 amide bonds. The van der Waals surface area contributed by atoms with Crippen LogP contribution >= 0.6 is 10.2 Å². The standard InChI is InChI=1S/C15H20F5N3O2S/c1-9-21-12(8-13(24)22-9)14(25)23-15(2,3)10-4-6-11(7-5-10)26(16,17,18,19)20/h4-7,9,12,21H,8H2,1-3H3,(H,22,24)(H,23,25). The maximum atomic E-state index is 12.8. The largest absolute Gasteiger partial charge is 0.346 e. The zero-order chi connectivity index (χ0) is 20.0. The van der Waals surface area contributed by atoms with E-state index in [1.165, 1.54) is 13.8 Å². The summed E-state index contributed by atoms with van der Waals surface area (Å²) in [6.45, 7) is 4.69. The van der Waals surface area contributed by atoms with Crippen molar-refractivity contribution in [3.05, 3.63) is 29.8 Å². The van der Waals surface area contributed by atoms with Crippen molar-refractivity contribution in [3.8, 4) is 0 Å². The van der Waals surface area contributed by atoms with Crippen molar-refractivity contribution in [2.24, 2.45) is 0 Å². The van der Waals surface area contributed by atoms with Crippen LogP contribution in [0.5, 0.6) is 0 Å². The van der Waals surface area contributed by atoms with Gasteiger partial charge in [-0.3, -0.25) is 14.9 Å². The van der Waals surface area contributed by atoms with Crippen molar-refractivity contribution in [1.82, 2.24) is 16.0 Å². The topological polar surface area (TPSA) is 70.2 Å². The van der Waals surface area contributed by atoms with E-state index in [1.54, 1.807) is 6.92 Å². The van der Waals surface area contributed by atoms with Crippen molar-refractivity contribution < 1.29 is 29.0 Å². The van der Waals surface area contributed by atoms with Crippen LogP contribution in [0.4, 0.5) is 19.4 Å². The summed E-state index contributed by atoms with van der Waals surface area (Å²) in [5.41, 5.74) is -0.920. The average molecular weight is 401 g/mol. The highest BCUT2D eigenvalue weighted by molar-refractivity contribution is 8.45. The van der Waals surface area contributed by atoms with Gasteiger partial charge in [0.25, 0.3) is 0 Å². The first kappa shape index (κ1) is 20.4. The van der Waals surface area contributed by atoms with Crippen molar-refractivity contribution in [2.45, 2.75) is 49.8 Å². The van der Waals surface area contributed by atoms with Gasteiger partial charge in [-0.1, -0.05) is 31.6 Å². The molecule has 2 rings (SSSR count). The molecule has 1 saturated heterocycles. The Morgan fingerprint density at radius 2 is 1.69 bits per heavy atom. The van der Waals surface area contributed by atoms with Crippen LogP contribution in [0.25, 0.3) is 0 Å². The summed E-state index contributed by atoms with van der Waals surface area (Å²) in [6, 6.07) is 1.61. The molecular weight excluding hydrogens is 381 g/mol. The van der Waals surface area contributed by atoms with Crippen LogP contribution in [0.15, 0.2) is 29.2 Å². The van der Waals surface area contributed by atoms with Gasteiger partial charge < -0.3 is 10.6 Å². The highest BCUT2D eigenvalue weighted by Crippen LogP contribution is 3.02. The van der Waals surface area contributed by atoms with Crippen molar-refractivity contribution in [1.29, 1.82) is 0 Å². The Labute approximate surface area is 147 Å². The fourth-order valence-electron chi connectivity index (χ4n) is 2.65. The van der Waals surface area contributed by atoms with Gasteiger partial charge in [-0.05, 0) is 38.5 Å². The molecule has 11 heteroatoms. The zero-order valence-corrected chi connectivity index (χ0v) is 15.1. The van der Waals surface area contributed by atoms with Crippen molar-refractivity contribution >= 4 is 22.0 Å². The maximum absolute atomic E-state index is 12.8. The first-order valence-electron chi connectivity index (χ1n) is 7.70. The first-order chi connectivity index (χ1) is 11.5. The van der Waals surface area contributed by atoms with E-state index in [0.29, 0.717) is 12.1 Å². The molecule has 0 spiro atoms. The lowest BCUT2D eigenvalue weighted by molar-refractivity contribution is -0.132. The minimum Gasteiger partial charge on any atom is -0.346 e. The van der Waals surface area contributed by atoms with Gasteiger partial charge in [0.1, 0.15) is 4.90 Å². The molecule has 0 aliphatic carbocycles. The third-order valence-electron chi connectivity index (χ3n) is 3.99. The summed E-state index contributed by atoms with van der Waals surface area (Å²) in [7, 11) is -9.74. The summed E-state index contributed by atoms with van der Waals surface area (Å²) in [4.78, 5) is 21.9. The second kappa shape index (κ2) is 5.56. The molecule has 1 aromatic rings. The minimum absolute atomic E-state index is 0.0879. The molecule has 1 heterocycles. The minimum atomic E-state index is -9.74. The van der Waals surface area contributed by atoms with E-state index in [0.717, 1.165) is 12.1 Å². The molecule has 3 N–H and O–H groups in total. The van der Waals surface area contributed by atoms with Gasteiger partial charge in [0.2, 0.25) is 11.8 Å². The fourth-order valence-corrected chi connectivity index (χ4v) is 3.30. The van der Waals surface area contributed by atoms with Crippen LogP contribution in [-0.4, -0.2) is 24.0 Å². The summed E-state index contributed by atoms with van der Waals surface area (Å²) in [5.74, 6) is -0.831. The Hall–Kier alpha value is -1.88. The van der Waals surface area contributed by atoms with Gasteiger partial charge >= 0.3 is 10.2 Å². The predicted octanol–water partition coefficient (Wildman–Crippen LogP) is 3.52. The van der Waals surface area contributed by atoms with Crippen LogP contribution in [0.1, 0.15) is 32.8 Å². The molecular formula is C15H20F5N3O2S. The van der Waals surface area contributed by atoms with Gasteiger partial charge in [0.05, 0.1) is 24.2 Å². The summed E-state index contributed by atoms with van der Waals surface area (Å²) in [5, 5.41) is 8.07. The van der Waals surface area contributed by atoms with E-state index < -0.39 is 38.8 Å². The lowest BCUT2D eigenvalue weighted by Gasteiger charge is -2.41. The van der Waals surface area contributed by atoms with Gasteiger partial charge in [-0.2, -0.15) is 0 Å². The zero-order valence-electron chi connectivity index (χ0n) is 14.3. The number of benzene rings is 1. The average Bonchev–Trinajstić information content (AvgIpc) is 2.43. The monoisotopic (exact) mass is 401 g/mol. The van der Waals surface area contributed by atoms with E-state index in [9.17, 15) is 29.0 Å². The molecule has 0 aromatic heterocycles. The van der Waals surface area contributed by atoms with Gasteiger partial charge in [0.15, 0.2) is 0 Å². The second-order valence-electron chi connectivity index (χ2n) is 6.82. The third kappa shape index (κ3) is 4.85. The van der Waals surface area contributed by atoms with E-state index in [-0.39, 0.29) is 17.9 Å². The number of carbonyl (C=O) groups excluding carboxylic acids is 2. The van der Waals surface area contributed by atoms with Crippen molar-refractivity contribution in [2.75, 3.05) is 0 Å². The Morgan fingerprint density at radius 1 is 1.15 bits per heavy atom. The molecule has 2 atom stereocenters. The molecule has 0 radical (unpaired) electrons. The van der Waals surface area contributed by atoms with E-state index in [4.69, 9.17) is 0 Å². The number of nitrogens with one attached hydrogen (secondary N) is 3. The Kier molecular flexibility index (Phi) is 4.37. The summed E-state index contributed by atoms with van der Waals surface area (Å²) < 4.78 is 63.9. The predicted molar refractivity (Wildman–Crippen MR) is 88.2 cm³/mol. The lowest BCUT2D eigenvalue weighted by Crippen LogP contribution is -2.61. The first-order valence-corrected chi connectivity index (χ1v) is 9.65. The molecule has 26 heavy (non-hydrogen) atoms. The Balaban J connectivity index is 2.17. The second-order valence-corrected chi connectivity index (χ2v) is 9.23. The number of carbonyl (C=O) groups is 2. The SMILES string of the molecule is CC1NC(=O)CC(C(=O)NC(C)(C)c2ccc(S(F)(F)(F)(F)F)cc2)N1. The third-order valence-corrected chi connectivity index (χ3v) is 5.15. The molecule has 1 aliphatic rings.